The van der Waals surface area contributed by atoms with Crippen molar-refractivity contribution in [2.24, 2.45) is 0 Å². The van der Waals surface area contributed by atoms with Crippen LogP contribution in [-0.4, -0.2) is 36.3 Å². The highest BCUT2D eigenvalue weighted by Gasteiger charge is 2.21. The largest absolute Gasteiger partial charge is 0.497 e. The number of ether oxygens (including phenoxy) is 2. The van der Waals surface area contributed by atoms with Crippen molar-refractivity contribution in [2.45, 2.75) is 31.3 Å². The summed E-state index contributed by atoms with van der Waals surface area (Å²) in [6.45, 7) is 4.07. The van der Waals surface area contributed by atoms with Gasteiger partial charge in [-0.3, -0.25) is 9.59 Å². The summed E-state index contributed by atoms with van der Waals surface area (Å²) in [5.74, 6) is 0.879. The summed E-state index contributed by atoms with van der Waals surface area (Å²) in [7, 11) is 1.57. The van der Waals surface area contributed by atoms with Crippen LogP contribution >= 0.6 is 11.8 Å². The van der Waals surface area contributed by atoms with Crippen molar-refractivity contribution in [2.75, 3.05) is 19.5 Å². The Labute approximate surface area is 163 Å². The molecule has 7 heteroatoms. The van der Waals surface area contributed by atoms with Gasteiger partial charge in [-0.2, -0.15) is 0 Å². The Hall–Kier alpha value is -2.54. The van der Waals surface area contributed by atoms with Crippen molar-refractivity contribution < 1.29 is 19.1 Å². The van der Waals surface area contributed by atoms with E-state index in [9.17, 15) is 9.59 Å². The number of methoxy groups -OCH3 is 1. The van der Waals surface area contributed by atoms with Crippen LogP contribution in [0.1, 0.15) is 42.2 Å². The van der Waals surface area contributed by atoms with Crippen molar-refractivity contribution >= 4 is 23.6 Å². The second-order valence-electron chi connectivity index (χ2n) is 5.63. The Morgan fingerprint density at radius 1 is 1.22 bits per heavy atom. The number of carbonyl (C=O) groups excluding carboxylic acids is 2. The first-order valence-electron chi connectivity index (χ1n) is 8.76. The number of hydrogen-bond acceptors (Lipinski definition) is 6. The Morgan fingerprint density at radius 3 is 2.74 bits per heavy atom. The van der Waals surface area contributed by atoms with E-state index in [4.69, 9.17) is 9.47 Å². The summed E-state index contributed by atoms with van der Waals surface area (Å²) in [6, 6.07) is 10.2. The molecule has 1 N–H and O–H groups in total. The Kier molecular flexibility index (Phi) is 8.13. The molecule has 0 bridgehead atoms. The van der Waals surface area contributed by atoms with Crippen molar-refractivity contribution in [1.29, 1.82) is 0 Å². The molecule has 2 rings (SSSR count). The molecule has 1 unspecified atom stereocenters. The first-order valence-corrected chi connectivity index (χ1v) is 9.75. The lowest BCUT2D eigenvalue weighted by Gasteiger charge is -2.19. The number of esters is 1. The number of benzene rings is 1. The Balaban J connectivity index is 2.23. The summed E-state index contributed by atoms with van der Waals surface area (Å²) in [4.78, 5) is 29.0. The fourth-order valence-corrected chi connectivity index (χ4v) is 3.16. The van der Waals surface area contributed by atoms with E-state index in [1.165, 1.54) is 0 Å². The SMILES string of the molecule is CCOC(=O)CC(NC(=O)c1ccnc(SCC)c1)c1cccc(OC)c1. The van der Waals surface area contributed by atoms with E-state index in [2.05, 4.69) is 10.3 Å². The highest BCUT2D eigenvalue weighted by Crippen LogP contribution is 2.23. The van der Waals surface area contributed by atoms with E-state index in [1.807, 2.05) is 25.1 Å². The lowest BCUT2D eigenvalue weighted by Crippen LogP contribution is -2.30. The summed E-state index contributed by atoms with van der Waals surface area (Å²) in [5.41, 5.74) is 1.27. The number of nitrogens with one attached hydrogen (secondary N) is 1. The minimum absolute atomic E-state index is 0.0361. The van der Waals surface area contributed by atoms with Gasteiger partial charge in [-0.1, -0.05) is 19.1 Å². The molecule has 0 spiro atoms. The molecule has 0 saturated heterocycles. The van der Waals surface area contributed by atoms with Crippen molar-refractivity contribution in [3.05, 3.63) is 53.7 Å². The minimum Gasteiger partial charge on any atom is -0.497 e. The molecular formula is C20H24N2O4S. The average Bonchev–Trinajstić information content (AvgIpc) is 2.68. The number of pyridine rings is 1. The third-order valence-corrected chi connectivity index (χ3v) is 4.57. The van der Waals surface area contributed by atoms with Crippen LogP contribution in [-0.2, 0) is 9.53 Å². The molecule has 144 valence electrons. The molecule has 1 atom stereocenters. The zero-order valence-corrected chi connectivity index (χ0v) is 16.5. The van der Waals surface area contributed by atoms with Crippen molar-refractivity contribution in [1.82, 2.24) is 10.3 Å². The first-order chi connectivity index (χ1) is 13.1. The number of nitrogens with zero attached hydrogens (tertiary/aromatic N) is 1. The van der Waals surface area contributed by atoms with Crippen LogP contribution in [0.2, 0.25) is 0 Å². The molecule has 0 fully saturated rings. The number of carbonyl (C=O) groups is 2. The van der Waals surface area contributed by atoms with Crippen LogP contribution in [0.3, 0.4) is 0 Å². The molecule has 0 aliphatic rings. The van der Waals surface area contributed by atoms with E-state index < -0.39 is 6.04 Å². The lowest BCUT2D eigenvalue weighted by atomic mass is 10.0. The Bertz CT molecular complexity index is 782. The minimum atomic E-state index is -0.526. The van der Waals surface area contributed by atoms with Gasteiger partial charge >= 0.3 is 5.97 Å². The van der Waals surface area contributed by atoms with Gasteiger partial charge in [0.2, 0.25) is 0 Å². The highest BCUT2D eigenvalue weighted by atomic mass is 32.2. The first kappa shape index (κ1) is 20.8. The van der Waals surface area contributed by atoms with Gasteiger partial charge in [0.25, 0.3) is 5.91 Å². The summed E-state index contributed by atoms with van der Waals surface area (Å²) in [6.07, 6.45) is 1.65. The van der Waals surface area contributed by atoms with Gasteiger partial charge in [0.05, 0.1) is 31.2 Å². The summed E-state index contributed by atoms with van der Waals surface area (Å²) < 4.78 is 10.3. The lowest BCUT2D eigenvalue weighted by molar-refractivity contribution is -0.143. The topological polar surface area (TPSA) is 77.5 Å². The van der Waals surface area contributed by atoms with Crippen LogP contribution in [0.5, 0.6) is 5.75 Å². The number of aromatic nitrogens is 1. The summed E-state index contributed by atoms with van der Waals surface area (Å²) >= 11 is 1.56. The maximum absolute atomic E-state index is 12.7. The Morgan fingerprint density at radius 2 is 2.04 bits per heavy atom. The quantitative estimate of drug-likeness (QED) is 0.522. The zero-order valence-electron chi connectivity index (χ0n) is 15.7. The van der Waals surface area contributed by atoms with Crippen LogP contribution in [0.15, 0.2) is 47.6 Å². The molecule has 1 aromatic carbocycles. The van der Waals surface area contributed by atoms with E-state index in [1.54, 1.807) is 50.2 Å². The summed E-state index contributed by atoms with van der Waals surface area (Å²) in [5, 5.41) is 3.71. The maximum atomic E-state index is 12.7. The molecule has 1 aromatic heterocycles. The maximum Gasteiger partial charge on any atom is 0.308 e. The number of hydrogen-bond donors (Lipinski definition) is 1. The molecule has 2 aromatic rings. The molecule has 0 saturated carbocycles. The molecule has 0 radical (unpaired) electrons. The van der Waals surface area contributed by atoms with Gasteiger partial charge in [-0.25, -0.2) is 4.98 Å². The average molecular weight is 388 g/mol. The van der Waals surface area contributed by atoms with Gasteiger partial charge < -0.3 is 14.8 Å². The number of rotatable bonds is 9. The molecule has 0 aliphatic heterocycles. The molecular weight excluding hydrogens is 364 g/mol. The third-order valence-electron chi connectivity index (χ3n) is 3.77. The molecule has 0 aliphatic carbocycles. The van der Waals surface area contributed by atoms with Crippen molar-refractivity contribution in [3.63, 3.8) is 0 Å². The van der Waals surface area contributed by atoms with Gasteiger partial charge in [0.1, 0.15) is 5.75 Å². The van der Waals surface area contributed by atoms with Crippen LogP contribution in [0.25, 0.3) is 0 Å². The molecule has 6 nitrogen and oxygen atoms in total. The molecule has 1 amide bonds. The van der Waals surface area contributed by atoms with E-state index in [0.29, 0.717) is 17.9 Å². The monoisotopic (exact) mass is 388 g/mol. The van der Waals surface area contributed by atoms with Crippen LogP contribution < -0.4 is 10.1 Å². The standard InChI is InChI=1S/C20H24N2O4S/c1-4-26-19(23)13-17(14-7-6-8-16(11-14)25-3)22-20(24)15-9-10-21-18(12-15)27-5-2/h6-12,17H,4-5,13H2,1-3H3,(H,22,24). The van der Waals surface area contributed by atoms with E-state index >= 15 is 0 Å². The van der Waals surface area contributed by atoms with E-state index in [0.717, 1.165) is 16.3 Å². The smallest absolute Gasteiger partial charge is 0.308 e. The van der Waals surface area contributed by atoms with E-state index in [-0.39, 0.29) is 18.3 Å². The van der Waals surface area contributed by atoms with Gasteiger partial charge in [0, 0.05) is 11.8 Å². The van der Waals surface area contributed by atoms with Crippen molar-refractivity contribution in [3.8, 4) is 5.75 Å². The number of thioether (sulfide) groups is 1. The second kappa shape index (κ2) is 10.6. The van der Waals surface area contributed by atoms with Gasteiger partial charge in [-0.05, 0) is 42.5 Å². The predicted molar refractivity (Wildman–Crippen MR) is 105 cm³/mol. The second-order valence-corrected chi connectivity index (χ2v) is 6.91. The number of amides is 1. The fourth-order valence-electron chi connectivity index (χ4n) is 2.52. The highest BCUT2D eigenvalue weighted by molar-refractivity contribution is 7.99. The molecule has 1 heterocycles. The van der Waals surface area contributed by atoms with Crippen LogP contribution in [0, 0.1) is 0 Å². The predicted octanol–water partition coefficient (Wildman–Crippen LogP) is 3.63. The van der Waals surface area contributed by atoms with Gasteiger partial charge in [-0.15, -0.1) is 11.8 Å². The fraction of sp³-hybridized carbons (Fsp3) is 0.350. The molecule has 27 heavy (non-hydrogen) atoms. The zero-order chi connectivity index (χ0) is 19.6. The normalized spacial score (nSPS) is 11.5. The van der Waals surface area contributed by atoms with Gasteiger partial charge in [0.15, 0.2) is 0 Å². The van der Waals surface area contributed by atoms with Crippen LogP contribution in [0.4, 0.5) is 0 Å². The third kappa shape index (κ3) is 6.29.